The normalized spacial score (nSPS) is 11.8. The van der Waals surface area contributed by atoms with Gasteiger partial charge in [-0.05, 0) is 74.5 Å². The van der Waals surface area contributed by atoms with Crippen LogP contribution in [0.3, 0.4) is 0 Å². The fourth-order valence-corrected chi connectivity index (χ4v) is 8.35. The molecular weight excluding hydrogens is 643 g/mol. The molecule has 0 unspecified atom stereocenters. The molecule has 11 rings (SSSR count). The second kappa shape index (κ2) is 11.7. The molecule has 0 aliphatic heterocycles. The number of benzene rings is 9. The van der Waals surface area contributed by atoms with E-state index >= 15 is 0 Å². The molecule has 0 fully saturated rings. The van der Waals surface area contributed by atoms with Gasteiger partial charge in [0.05, 0.1) is 22.2 Å². The Morgan fingerprint density at radius 1 is 0.321 bits per heavy atom. The van der Waals surface area contributed by atoms with Crippen LogP contribution in [0, 0.1) is 0 Å². The van der Waals surface area contributed by atoms with Crippen LogP contribution >= 0.6 is 0 Å². The van der Waals surface area contributed by atoms with E-state index in [0.717, 1.165) is 33.4 Å². The maximum Gasteiger partial charge on any atom is 0.160 e. The predicted molar refractivity (Wildman–Crippen MR) is 223 cm³/mol. The lowest BCUT2D eigenvalue weighted by Crippen LogP contribution is -1.97. The van der Waals surface area contributed by atoms with Gasteiger partial charge in [0.2, 0.25) is 0 Å². The molecule has 0 aliphatic carbocycles. The maximum absolute atomic E-state index is 5.22. The fourth-order valence-electron chi connectivity index (χ4n) is 8.35. The highest BCUT2D eigenvalue weighted by atomic mass is 15.0. The van der Waals surface area contributed by atoms with Crippen LogP contribution in [0.25, 0.3) is 104 Å². The minimum absolute atomic E-state index is 0.711. The van der Waals surface area contributed by atoms with Crippen LogP contribution in [-0.4, -0.2) is 14.5 Å². The predicted octanol–water partition coefficient (Wildman–Crippen LogP) is 13.2. The highest BCUT2D eigenvalue weighted by molar-refractivity contribution is 6.33. The van der Waals surface area contributed by atoms with Gasteiger partial charge in [-0.1, -0.05) is 152 Å². The van der Waals surface area contributed by atoms with E-state index in [1.54, 1.807) is 0 Å². The minimum Gasteiger partial charge on any atom is -0.309 e. The van der Waals surface area contributed by atoms with Crippen molar-refractivity contribution in [1.82, 2.24) is 14.5 Å². The van der Waals surface area contributed by atoms with E-state index in [1.165, 1.54) is 65.3 Å². The van der Waals surface area contributed by atoms with Crippen molar-refractivity contribution in [3.8, 4) is 39.5 Å². The molecule has 0 amide bonds. The Morgan fingerprint density at radius 2 is 0.830 bits per heavy atom. The van der Waals surface area contributed by atoms with Gasteiger partial charge in [0.15, 0.2) is 5.82 Å². The molecule has 0 atom stereocenters. The topological polar surface area (TPSA) is 30.7 Å². The van der Waals surface area contributed by atoms with Crippen molar-refractivity contribution in [3.63, 3.8) is 0 Å². The third-order valence-electron chi connectivity index (χ3n) is 10.8. The molecule has 2 aromatic heterocycles. The molecule has 0 bridgehead atoms. The first-order valence-corrected chi connectivity index (χ1v) is 18.1. The smallest absolute Gasteiger partial charge is 0.160 e. The second-order valence-electron chi connectivity index (χ2n) is 13.7. The molecule has 0 saturated heterocycles. The Kier molecular flexibility index (Phi) is 6.55. The van der Waals surface area contributed by atoms with Crippen LogP contribution < -0.4 is 0 Å². The minimum atomic E-state index is 0.711. The highest BCUT2D eigenvalue weighted by Crippen LogP contribution is 2.43. The van der Waals surface area contributed by atoms with E-state index in [-0.39, 0.29) is 0 Å². The summed E-state index contributed by atoms with van der Waals surface area (Å²) in [5.74, 6) is 0.711. The van der Waals surface area contributed by atoms with Crippen LogP contribution in [-0.2, 0) is 0 Å². The summed E-state index contributed by atoms with van der Waals surface area (Å²) in [6.45, 7) is 0. The number of nitrogens with zero attached hydrogens (tertiary/aromatic N) is 3. The molecular formula is C50H31N3. The van der Waals surface area contributed by atoms with E-state index in [2.05, 4.69) is 180 Å². The van der Waals surface area contributed by atoms with Gasteiger partial charge in [-0.15, -0.1) is 0 Å². The molecule has 53 heavy (non-hydrogen) atoms. The lowest BCUT2D eigenvalue weighted by Gasteiger charge is -2.15. The summed E-state index contributed by atoms with van der Waals surface area (Å²) in [7, 11) is 0. The molecule has 11 aromatic rings. The Bertz CT molecular complexity index is 3160. The van der Waals surface area contributed by atoms with E-state index in [9.17, 15) is 0 Å². The molecule has 0 saturated carbocycles. The van der Waals surface area contributed by atoms with E-state index in [1.807, 2.05) is 12.1 Å². The lowest BCUT2D eigenvalue weighted by molar-refractivity contribution is 1.18. The molecule has 3 heteroatoms. The Balaban J connectivity index is 1.10. The van der Waals surface area contributed by atoms with Crippen LogP contribution in [0.15, 0.2) is 188 Å². The van der Waals surface area contributed by atoms with E-state index in [0.29, 0.717) is 5.82 Å². The zero-order chi connectivity index (χ0) is 34.9. The molecule has 3 nitrogen and oxygen atoms in total. The van der Waals surface area contributed by atoms with Crippen molar-refractivity contribution in [2.24, 2.45) is 0 Å². The fraction of sp³-hybridized carbons (Fsp3) is 0. The monoisotopic (exact) mass is 673 g/mol. The van der Waals surface area contributed by atoms with E-state index < -0.39 is 0 Å². The number of hydrogen-bond acceptors (Lipinski definition) is 2. The van der Waals surface area contributed by atoms with Crippen LogP contribution in [0.1, 0.15) is 0 Å². The summed E-state index contributed by atoms with van der Waals surface area (Å²) in [6.07, 6.45) is 0. The van der Waals surface area contributed by atoms with E-state index in [4.69, 9.17) is 9.97 Å². The summed E-state index contributed by atoms with van der Waals surface area (Å²) in [5.41, 5.74) is 9.79. The molecule has 2 heterocycles. The maximum atomic E-state index is 5.22. The lowest BCUT2D eigenvalue weighted by atomic mass is 9.93. The van der Waals surface area contributed by atoms with Gasteiger partial charge in [-0.25, -0.2) is 9.97 Å². The molecule has 9 aromatic carbocycles. The van der Waals surface area contributed by atoms with Crippen LogP contribution in [0.5, 0.6) is 0 Å². The second-order valence-corrected chi connectivity index (χ2v) is 13.7. The van der Waals surface area contributed by atoms with Gasteiger partial charge < -0.3 is 4.57 Å². The zero-order valence-corrected chi connectivity index (χ0v) is 28.7. The molecule has 0 spiro atoms. The Hall–Kier alpha value is -7.10. The molecule has 0 radical (unpaired) electrons. The summed E-state index contributed by atoms with van der Waals surface area (Å²) < 4.78 is 2.44. The SMILES string of the molecule is c1ccc(-c2ccc(-c3nc(-c4ccc(-n5c6ccccc6c6ccc7c8ccccc8c8ccccc8c7c65)cc4)nc4ccccc34)cc2)cc1. The summed E-state index contributed by atoms with van der Waals surface area (Å²) in [4.78, 5) is 10.3. The highest BCUT2D eigenvalue weighted by Gasteiger charge is 2.19. The van der Waals surface area contributed by atoms with Gasteiger partial charge >= 0.3 is 0 Å². The molecule has 0 N–H and O–H groups in total. The first-order valence-electron chi connectivity index (χ1n) is 18.1. The first kappa shape index (κ1) is 29.6. The van der Waals surface area contributed by atoms with Gasteiger partial charge in [0.25, 0.3) is 0 Å². The van der Waals surface area contributed by atoms with Crippen LogP contribution in [0.2, 0.25) is 0 Å². The summed E-state index contributed by atoms with van der Waals surface area (Å²) >= 11 is 0. The van der Waals surface area contributed by atoms with Gasteiger partial charge in [-0.3, -0.25) is 0 Å². The van der Waals surface area contributed by atoms with Crippen molar-refractivity contribution in [3.05, 3.63) is 188 Å². The average Bonchev–Trinajstić information content (AvgIpc) is 3.58. The third kappa shape index (κ3) is 4.61. The summed E-state index contributed by atoms with van der Waals surface area (Å²) in [6, 6.07) is 67.3. The third-order valence-corrected chi connectivity index (χ3v) is 10.8. The van der Waals surface area contributed by atoms with Crippen molar-refractivity contribution in [2.75, 3.05) is 0 Å². The Morgan fingerprint density at radius 3 is 1.57 bits per heavy atom. The van der Waals surface area contributed by atoms with Crippen molar-refractivity contribution < 1.29 is 0 Å². The Labute approximate surface area is 306 Å². The zero-order valence-electron chi connectivity index (χ0n) is 28.7. The standard InChI is InChI=1S/C50H31N3/c1-2-12-32(13-3-1)33-22-24-34(25-23-33)48-44-19-8-10-20-45(44)51-50(52-48)35-26-28-36(29-27-35)53-46-21-11-9-17-40(46)43-31-30-42-39-16-5-4-14-37(39)38-15-6-7-18-41(38)47(42)49(43)53/h1-31H. The number of rotatable bonds is 4. The van der Waals surface area contributed by atoms with Gasteiger partial charge in [0, 0.05) is 38.4 Å². The number of aromatic nitrogens is 3. The van der Waals surface area contributed by atoms with Gasteiger partial charge in [0.1, 0.15) is 0 Å². The first-order chi connectivity index (χ1) is 26.3. The number of fused-ring (bicyclic) bond motifs is 11. The number of hydrogen-bond donors (Lipinski definition) is 0. The summed E-state index contributed by atoms with van der Waals surface area (Å²) in [5, 5.41) is 11.2. The number of para-hydroxylation sites is 2. The largest absolute Gasteiger partial charge is 0.309 e. The quantitative estimate of drug-likeness (QED) is 0.174. The van der Waals surface area contributed by atoms with Crippen molar-refractivity contribution in [1.29, 1.82) is 0 Å². The average molecular weight is 674 g/mol. The molecule has 0 aliphatic rings. The van der Waals surface area contributed by atoms with Crippen LogP contribution in [0.4, 0.5) is 0 Å². The van der Waals surface area contributed by atoms with Crippen molar-refractivity contribution >= 4 is 65.0 Å². The van der Waals surface area contributed by atoms with Crippen molar-refractivity contribution in [2.45, 2.75) is 0 Å². The molecule has 246 valence electrons. The van der Waals surface area contributed by atoms with Gasteiger partial charge in [-0.2, -0.15) is 0 Å².